The van der Waals surface area contributed by atoms with Crippen molar-refractivity contribution in [3.05, 3.63) is 0 Å². The molecule has 1 rings (SSSR count). The van der Waals surface area contributed by atoms with Gasteiger partial charge >= 0.3 is 5.97 Å². The highest BCUT2D eigenvalue weighted by Crippen LogP contribution is 2.24. The van der Waals surface area contributed by atoms with Gasteiger partial charge in [-0.25, -0.2) is 0 Å². The van der Waals surface area contributed by atoms with Crippen LogP contribution in [0.3, 0.4) is 0 Å². The molecule has 0 bridgehead atoms. The van der Waals surface area contributed by atoms with Crippen LogP contribution in [-0.2, 0) is 9.59 Å². The van der Waals surface area contributed by atoms with E-state index in [9.17, 15) is 14.7 Å². The summed E-state index contributed by atoms with van der Waals surface area (Å²) in [4.78, 5) is 23.7. The fraction of sp³-hybridized carbons (Fsp3) is 0.875. The zero-order chi connectivity index (χ0) is 15.1. The second-order valence-corrected chi connectivity index (χ2v) is 6.23. The molecular formula is C16H29NO3. The van der Waals surface area contributed by atoms with Gasteiger partial charge in [0.25, 0.3) is 0 Å². The van der Waals surface area contributed by atoms with Crippen molar-refractivity contribution in [2.75, 3.05) is 0 Å². The summed E-state index contributed by atoms with van der Waals surface area (Å²) in [6, 6.07) is -0.202. The number of amides is 1. The third-order valence-corrected chi connectivity index (χ3v) is 4.82. The van der Waals surface area contributed by atoms with Crippen molar-refractivity contribution in [3.63, 3.8) is 0 Å². The van der Waals surface area contributed by atoms with Crippen molar-refractivity contribution in [2.45, 2.75) is 71.8 Å². The van der Waals surface area contributed by atoms with Gasteiger partial charge < -0.3 is 10.4 Å². The average molecular weight is 283 g/mol. The van der Waals surface area contributed by atoms with Crippen molar-refractivity contribution in [3.8, 4) is 0 Å². The lowest BCUT2D eigenvalue weighted by Crippen LogP contribution is -2.46. The number of carboxylic acids is 1. The fourth-order valence-corrected chi connectivity index (χ4v) is 2.88. The maximum absolute atomic E-state index is 12.3. The fourth-order valence-electron chi connectivity index (χ4n) is 2.88. The Hall–Kier alpha value is -1.06. The first-order valence-electron chi connectivity index (χ1n) is 8.00. The quantitative estimate of drug-likeness (QED) is 0.814. The first-order valence-corrected chi connectivity index (χ1v) is 8.00. The van der Waals surface area contributed by atoms with Crippen LogP contribution in [0, 0.1) is 17.8 Å². The smallest absolute Gasteiger partial charge is 0.308 e. The Morgan fingerprint density at radius 2 is 1.75 bits per heavy atom. The minimum atomic E-state index is -0.770. The molecule has 116 valence electrons. The van der Waals surface area contributed by atoms with E-state index < -0.39 is 11.9 Å². The van der Waals surface area contributed by atoms with Crippen molar-refractivity contribution in [2.24, 2.45) is 17.8 Å². The summed E-state index contributed by atoms with van der Waals surface area (Å²) in [7, 11) is 0. The second kappa shape index (κ2) is 8.28. The van der Waals surface area contributed by atoms with Crippen molar-refractivity contribution >= 4 is 11.9 Å². The average Bonchev–Trinajstić information content (AvgIpc) is 2.39. The third-order valence-electron chi connectivity index (χ3n) is 4.82. The lowest BCUT2D eigenvalue weighted by atomic mass is 9.85. The number of carbonyl (C=O) groups is 2. The minimum Gasteiger partial charge on any atom is -0.481 e. The van der Waals surface area contributed by atoms with E-state index >= 15 is 0 Å². The van der Waals surface area contributed by atoms with Gasteiger partial charge in [0.05, 0.1) is 5.92 Å². The van der Waals surface area contributed by atoms with Crippen LogP contribution in [-0.4, -0.2) is 23.0 Å². The van der Waals surface area contributed by atoms with E-state index in [1.54, 1.807) is 0 Å². The number of hydrogen-bond acceptors (Lipinski definition) is 2. The Bertz CT molecular complexity index is 330. The monoisotopic (exact) mass is 283 g/mol. The van der Waals surface area contributed by atoms with Gasteiger partial charge in [0.1, 0.15) is 0 Å². The summed E-state index contributed by atoms with van der Waals surface area (Å²) in [5.41, 5.74) is 0. The van der Waals surface area contributed by atoms with Gasteiger partial charge in [-0.1, -0.05) is 52.9 Å². The number of carbonyl (C=O) groups excluding carboxylic acids is 1. The van der Waals surface area contributed by atoms with E-state index in [1.165, 1.54) is 0 Å². The molecule has 1 fully saturated rings. The molecule has 1 aliphatic rings. The van der Waals surface area contributed by atoms with Gasteiger partial charge in [0.15, 0.2) is 0 Å². The zero-order valence-corrected chi connectivity index (χ0v) is 13.0. The van der Waals surface area contributed by atoms with E-state index in [-0.39, 0.29) is 17.9 Å². The van der Waals surface area contributed by atoms with Crippen LogP contribution in [0.2, 0.25) is 0 Å². The summed E-state index contributed by atoms with van der Waals surface area (Å²) in [6.07, 6.45) is 6.62. The lowest BCUT2D eigenvalue weighted by molar-refractivity contribution is -0.143. The van der Waals surface area contributed by atoms with Crippen LogP contribution in [0.25, 0.3) is 0 Å². The number of carboxylic acid groups (broad SMARTS) is 1. The number of hydrogen-bond donors (Lipinski definition) is 2. The highest BCUT2D eigenvalue weighted by atomic mass is 16.4. The number of nitrogens with one attached hydrogen (secondary N) is 1. The predicted molar refractivity (Wildman–Crippen MR) is 79.4 cm³/mol. The van der Waals surface area contributed by atoms with Gasteiger partial charge in [-0.3, -0.25) is 9.59 Å². The molecular weight excluding hydrogens is 254 g/mol. The van der Waals surface area contributed by atoms with Gasteiger partial charge in [-0.15, -0.1) is 0 Å². The minimum absolute atomic E-state index is 0.0103. The molecule has 1 aliphatic carbocycles. The molecule has 4 nitrogen and oxygen atoms in total. The normalized spacial score (nSPS) is 26.9. The van der Waals surface area contributed by atoms with Crippen molar-refractivity contribution < 1.29 is 14.7 Å². The molecule has 0 aliphatic heterocycles. The second-order valence-electron chi connectivity index (χ2n) is 6.23. The van der Waals surface area contributed by atoms with Crippen LogP contribution in [0.5, 0.6) is 0 Å². The molecule has 0 heterocycles. The van der Waals surface area contributed by atoms with Gasteiger partial charge in [-0.2, -0.15) is 0 Å². The summed E-state index contributed by atoms with van der Waals surface area (Å²) >= 11 is 0. The van der Waals surface area contributed by atoms with Gasteiger partial charge in [0.2, 0.25) is 5.91 Å². The summed E-state index contributed by atoms with van der Waals surface area (Å²) in [5.74, 6) is -0.917. The molecule has 4 unspecified atom stereocenters. The molecule has 4 atom stereocenters. The van der Waals surface area contributed by atoms with Gasteiger partial charge in [-0.05, 0) is 18.8 Å². The Morgan fingerprint density at radius 1 is 1.15 bits per heavy atom. The zero-order valence-electron chi connectivity index (χ0n) is 13.0. The predicted octanol–water partition coefficient (Wildman–Crippen LogP) is 3.21. The standard InChI is InChI=1S/C16H29NO3/c1-4-11(2)12(3)15(18)17-14-10-8-6-5-7-9-13(14)16(19)20/h11-14H,4-10H2,1-3H3,(H,17,18)(H,19,20). The van der Waals surface area contributed by atoms with E-state index in [1.807, 2.05) is 6.92 Å². The van der Waals surface area contributed by atoms with Crippen LogP contribution >= 0.6 is 0 Å². The van der Waals surface area contributed by atoms with E-state index in [0.717, 1.165) is 38.5 Å². The number of aliphatic carboxylic acids is 1. The molecule has 1 amide bonds. The maximum Gasteiger partial charge on any atom is 0.308 e. The SMILES string of the molecule is CCC(C)C(C)C(=O)NC1CCCCCCC1C(=O)O. The number of rotatable bonds is 5. The molecule has 4 heteroatoms. The summed E-state index contributed by atoms with van der Waals surface area (Å²) < 4.78 is 0. The first-order chi connectivity index (χ1) is 9.47. The van der Waals surface area contributed by atoms with E-state index in [2.05, 4.69) is 19.2 Å². The Morgan fingerprint density at radius 3 is 2.30 bits per heavy atom. The first kappa shape index (κ1) is 17.0. The lowest BCUT2D eigenvalue weighted by Gasteiger charge is -2.29. The molecule has 0 aromatic carbocycles. The van der Waals surface area contributed by atoms with Gasteiger partial charge in [0, 0.05) is 12.0 Å². The van der Waals surface area contributed by atoms with Crippen LogP contribution < -0.4 is 5.32 Å². The van der Waals surface area contributed by atoms with Crippen molar-refractivity contribution in [1.29, 1.82) is 0 Å². The van der Waals surface area contributed by atoms with Crippen LogP contribution in [0.1, 0.15) is 65.7 Å². The molecule has 0 aromatic rings. The molecule has 0 spiro atoms. The molecule has 20 heavy (non-hydrogen) atoms. The Balaban J connectivity index is 2.68. The van der Waals surface area contributed by atoms with Crippen molar-refractivity contribution in [1.82, 2.24) is 5.32 Å². The Kier molecular flexibility index (Phi) is 7.03. The highest BCUT2D eigenvalue weighted by Gasteiger charge is 2.31. The molecule has 0 saturated heterocycles. The largest absolute Gasteiger partial charge is 0.481 e. The summed E-state index contributed by atoms with van der Waals surface area (Å²) in [6.45, 7) is 6.07. The van der Waals surface area contributed by atoms with Crippen LogP contribution in [0.4, 0.5) is 0 Å². The molecule has 2 N–H and O–H groups in total. The topological polar surface area (TPSA) is 66.4 Å². The maximum atomic E-state index is 12.3. The third kappa shape index (κ3) is 4.80. The van der Waals surface area contributed by atoms with E-state index in [4.69, 9.17) is 0 Å². The molecule has 0 radical (unpaired) electrons. The highest BCUT2D eigenvalue weighted by molar-refractivity contribution is 5.80. The molecule has 1 saturated carbocycles. The summed E-state index contributed by atoms with van der Waals surface area (Å²) in [5, 5.41) is 12.4. The molecule has 0 aromatic heterocycles. The van der Waals surface area contributed by atoms with Crippen LogP contribution in [0.15, 0.2) is 0 Å². The Labute approximate surface area is 122 Å². The van der Waals surface area contributed by atoms with E-state index in [0.29, 0.717) is 12.3 Å².